The molecule has 0 aliphatic heterocycles. The van der Waals surface area contributed by atoms with E-state index < -0.39 is 0 Å². The van der Waals surface area contributed by atoms with Crippen molar-refractivity contribution in [2.75, 3.05) is 0 Å². The van der Waals surface area contributed by atoms with E-state index in [9.17, 15) is 9.90 Å². The van der Waals surface area contributed by atoms with Crippen LogP contribution in [0.2, 0.25) is 5.02 Å². The van der Waals surface area contributed by atoms with Crippen molar-refractivity contribution in [3.63, 3.8) is 0 Å². The van der Waals surface area contributed by atoms with Crippen molar-refractivity contribution in [2.24, 2.45) is 5.73 Å². The summed E-state index contributed by atoms with van der Waals surface area (Å²) in [6.07, 6.45) is 4.01. The van der Waals surface area contributed by atoms with Gasteiger partial charge in [0.15, 0.2) is 0 Å². The standard InChI is InChI=1S/C13H17ClN2O2/c14-10-6-5-8(17)7-9(10)13(18)16-12-4-2-1-3-11(12)15/h5-7,11-12,17H,1-4,15H2,(H,16,18)/t11-,12-/m1/s1. The van der Waals surface area contributed by atoms with Gasteiger partial charge in [-0.05, 0) is 31.0 Å². The third-order valence-corrected chi connectivity index (χ3v) is 3.66. The molecule has 2 atom stereocenters. The van der Waals surface area contributed by atoms with Gasteiger partial charge < -0.3 is 16.2 Å². The Kier molecular flexibility index (Phi) is 4.09. The number of halogens is 1. The summed E-state index contributed by atoms with van der Waals surface area (Å²) in [6.45, 7) is 0. The highest BCUT2D eigenvalue weighted by atomic mass is 35.5. The van der Waals surface area contributed by atoms with E-state index in [-0.39, 0.29) is 29.3 Å². The Morgan fingerprint density at radius 1 is 1.39 bits per heavy atom. The molecule has 0 spiro atoms. The second-order valence-electron chi connectivity index (χ2n) is 4.69. The van der Waals surface area contributed by atoms with Gasteiger partial charge in [-0.3, -0.25) is 4.79 Å². The topological polar surface area (TPSA) is 75.3 Å². The van der Waals surface area contributed by atoms with Gasteiger partial charge in [-0.25, -0.2) is 0 Å². The Hall–Kier alpha value is -1.26. The highest BCUT2D eigenvalue weighted by Gasteiger charge is 2.24. The van der Waals surface area contributed by atoms with Gasteiger partial charge in [0, 0.05) is 12.1 Å². The summed E-state index contributed by atoms with van der Waals surface area (Å²) < 4.78 is 0. The van der Waals surface area contributed by atoms with Crippen molar-refractivity contribution in [1.29, 1.82) is 0 Å². The first-order chi connectivity index (χ1) is 8.58. The predicted molar refractivity (Wildman–Crippen MR) is 70.8 cm³/mol. The number of nitrogens with two attached hydrogens (primary N) is 1. The Balaban J connectivity index is 2.09. The minimum Gasteiger partial charge on any atom is -0.508 e. The molecule has 1 saturated carbocycles. The number of carbonyl (C=O) groups is 1. The molecule has 18 heavy (non-hydrogen) atoms. The Morgan fingerprint density at radius 3 is 2.83 bits per heavy atom. The zero-order valence-corrected chi connectivity index (χ0v) is 10.8. The summed E-state index contributed by atoms with van der Waals surface area (Å²) in [5, 5.41) is 12.6. The third kappa shape index (κ3) is 2.94. The van der Waals surface area contributed by atoms with E-state index >= 15 is 0 Å². The molecule has 0 saturated heterocycles. The maximum Gasteiger partial charge on any atom is 0.253 e. The molecule has 1 aliphatic rings. The monoisotopic (exact) mass is 268 g/mol. The molecule has 1 aromatic carbocycles. The van der Waals surface area contributed by atoms with Gasteiger partial charge in [-0.1, -0.05) is 24.4 Å². The van der Waals surface area contributed by atoms with Gasteiger partial charge in [0.25, 0.3) is 5.91 Å². The highest BCUT2D eigenvalue weighted by Crippen LogP contribution is 2.22. The summed E-state index contributed by atoms with van der Waals surface area (Å²) in [7, 11) is 0. The van der Waals surface area contributed by atoms with Crippen LogP contribution in [0.3, 0.4) is 0 Å². The number of phenolic OH excluding ortho intramolecular Hbond substituents is 1. The number of rotatable bonds is 2. The fraction of sp³-hybridized carbons (Fsp3) is 0.462. The Bertz CT molecular complexity index is 451. The van der Waals surface area contributed by atoms with Crippen LogP contribution in [-0.2, 0) is 0 Å². The molecule has 1 aromatic rings. The lowest BCUT2D eigenvalue weighted by molar-refractivity contribution is 0.0921. The third-order valence-electron chi connectivity index (χ3n) is 3.33. The van der Waals surface area contributed by atoms with Crippen LogP contribution in [0.1, 0.15) is 36.0 Å². The van der Waals surface area contributed by atoms with Crippen LogP contribution in [0.5, 0.6) is 5.75 Å². The van der Waals surface area contributed by atoms with Crippen molar-refractivity contribution in [3.8, 4) is 5.75 Å². The molecule has 2 rings (SSSR count). The number of carbonyl (C=O) groups excluding carboxylic acids is 1. The van der Waals surface area contributed by atoms with Gasteiger partial charge in [0.1, 0.15) is 5.75 Å². The zero-order chi connectivity index (χ0) is 13.1. The van der Waals surface area contributed by atoms with Crippen LogP contribution in [0, 0.1) is 0 Å². The molecule has 98 valence electrons. The normalized spacial score (nSPS) is 23.7. The number of hydrogen-bond acceptors (Lipinski definition) is 3. The second-order valence-corrected chi connectivity index (χ2v) is 5.10. The zero-order valence-electron chi connectivity index (χ0n) is 10.0. The number of hydrogen-bond donors (Lipinski definition) is 3. The van der Waals surface area contributed by atoms with Crippen LogP contribution in [0.15, 0.2) is 18.2 Å². The average molecular weight is 269 g/mol. The fourth-order valence-corrected chi connectivity index (χ4v) is 2.48. The van der Waals surface area contributed by atoms with Gasteiger partial charge in [0.2, 0.25) is 0 Å². The van der Waals surface area contributed by atoms with E-state index in [1.54, 1.807) is 0 Å². The van der Waals surface area contributed by atoms with E-state index in [2.05, 4.69) is 5.32 Å². The highest BCUT2D eigenvalue weighted by molar-refractivity contribution is 6.33. The Morgan fingerprint density at radius 2 is 2.11 bits per heavy atom. The first-order valence-electron chi connectivity index (χ1n) is 6.13. The van der Waals surface area contributed by atoms with Crippen LogP contribution >= 0.6 is 11.6 Å². The van der Waals surface area contributed by atoms with Crippen molar-refractivity contribution < 1.29 is 9.90 Å². The summed E-state index contributed by atoms with van der Waals surface area (Å²) >= 11 is 5.94. The van der Waals surface area contributed by atoms with Gasteiger partial charge in [0.05, 0.1) is 10.6 Å². The van der Waals surface area contributed by atoms with E-state index in [0.717, 1.165) is 25.7 Å². The lowest BCUT2D eigenvalue weighted by Crippen LogP contribution is -2.49. The molecular weight excluding hydrogens is 252 g/mol. The minimum atomic E-state index is -0.279. The molecule has 1 amide bonds. The van der Waals surface area contributed by atoms with Crippen LogP contribution in [0.25, 0.3) is 0 Å². The summed E-state index contributed by atoms with van der Waals surface area (Å²) in [5.41, 5.74) is 6.26. The molecule has 5 heteroatoms. The molecular formula is C13H17ClN2O2. The molecule has 4 N–H and O–H groups in total. The average Bonchev–Trinajstić information content (AvgIpc) is 2.35. The molecule has 1 fully saturated rings. The lowest BCUT2D eigenvalue weighted by Gasteiger charge is -2.29. The first kappa shape index (κ1) is 13.2. The number of nitrogens with one attached hydrogen (secondary N) is 1. The maximum atomic E-state index is 12.1. The fourth-order valence-electron chi connectivity index (χ4n) is 2.27. The maximum absolute atomic E-state index is 12.1. The molecule has 0 bridgehead atoms. The van der Waals surface area contributed by atoms with Crippen molar-refractivity contribution >= 4 is 17.5 Å². The molecule has 0 heterocycles. The van der Waals surface area contributed by atoms with Gasteiger partial charge >= 0.3 is 0 Å². The van der Waals surface area contributed by atoms with E-state index in [1.165, 1.54) is 18.2 Å². The van der Waals surface area contributed by atoms with Crippen molar-refractivity contribution in [2.45, 2.75) is 37.8 Å². The summed E-state index contributed by atoms with van der Waals surface area (Å²) in [5.74, 6) is -0.254. The summed E-state index contributed by atoms with van der Waals surface area (Å²) in [6, 6.07) is 4.31. The van der Waals surface area contributed by atoms with Gasteiger partial charge in [-0.15, -0.1) is 0 Å². The number of amides is 1. The lowest BCUT2D eigenvalue weighted by atomic mass is 9.91. The van der Waals surface area contributed by atoms with Crippen LogP contribution in [-0.4, -0.2) is 23.1 Å². The SMILES string of the molecule is N[C@@H]1CCCC[C@H]1NC(=O)c1cc(O)ccc1Cl. The molecule has 0 radical (unpaired) electrons. The summed E-state index contributed by atoms with van der Waals surface area (Å²) in [4.78, 5) is 12.1. The smallest absolute Gasteiger partial charge is 0.253 e. The number of phenols is 1. The number of aromatic hydroxyl groups is 1. The van der Waals surface area contributed by atoms with Crippen LogP contribution < -0.4 is 11.1 Å². The minimum absolute atomic E-state index is 0.00113. The predicted octanol–water partition coefficient (Wildman–Crippen LogP) is 2.05. The molecule has 4 nitrogen and oxygen atoms in total. The molecule has 1 aliphatic carbocycles. The largest absolute Gasteiger partial charge is 0.508 e. The van der Waals surface area contributed by atoms with Crippen molar-refractivity contribution in [1.82, 2.24) is 5.32 Å². The molecule has 0 unspecified atom stereocenters. The van der Waals surface area contributed by atoms with Crippen LogP contribution in [0.4, 0.5) is 0 Å². The quantitative estimate of drug-likeness (QED) is 0.768. The second kappa shape index (κ2) is 5.59. The van der Waals surface area contributed by atoms with Gasteiger partial charge in [-0.2, -0.15) is 0 Å². The molecule has 0 aromatic heterocycles. The number of benzene rings is 1. The van der Waals surface area contributed by atoms with E-state index in [4.69, 9.17) is 17.3 Å². The van der Waals surface area contributed by atoms with E-state index in [1.807, 2.05) is 0 Å². The first-order valence-corrected chi connectivity index (χ1v) is 6.50. The van der Waals surface area contributed by atoms with Crippen molar-refractivity contribution in [3.05, 3.63) is 28.8 Å². The van der Waals surface area contributed by atoms with E-state index in [0.29, 0.717) is 5.02 Å². The Labute approximate surface area is 111 Å².